The highest BCUT2D eigenvalue weighted by Crippen LogP contribution is 2.00. The van der Waals surface area contributed by atoms with E-state index >= 15 is 0 Å². The summed E-state index contributed by atoms with van der Waals surface area (Å²) in [5, 5.41) is 0. The van der Waals surface area contributed by atoms with Crippen molar-refractivity contribution in [3.8, 4) is 0 Å². The van der Waals surface area contributed by atoms with Crippen molar-refractivity contribution in [3.05, 3.63) is 22.9 Å². The van der Waals surface area contributed by atoms with Gasteiger partial charge in [0, 0.05) is 45.1 Å². The van der Waals surface area contributed by atoms with Crippen LogP contribution in [-0.2, 0) is 17.9 Å². The van der Waals surface area contributed by atoms with E-state index in [4.69, 9.17) is 0 Å². The van der Waals surface area contributed by atoms with E-state index in [1.54, 1.807) is 17.0 Å². The van der Waals surface area contributed by atoms with Gasteiger partial charge in [0.1, 0.15) is 6.54 Å². The monoisotopic (exact) mass is 252 g/mol. The molecule has 0 aliphatic carbocycles. The average Bonchev–Trinajstić information content (AvgIpc) is 2.71. The van der Waals surface area contributed by atoms with Crippen molar-refractivity contribution in [2.45, 2.75) is 20.0 Å². The Morgan fingerprint density at radius 2 is 1.78 bits per heavy atom. The molecule has 0 radical (unpaired) electrons. The van der Waals surface area contributed by atoms with Crippen molar-refractivity contribution < 1.29 is 4.79 Å². The first-order valence-corrected chi connectivity index (χ1v) is 6.33. The molecule has 1 aliphatic rings. The molecule has 0 unspecified atom stereocenters. The number of likely N-dealkylation sites (N-methyl/N-ethyl adjacent to an activating group) is 1. The fourth-order valence-corrected chi connectivity index (χ4v) is 2.12. The second-order valence-corrected chi connectivity index (χ2v) is 4.68. The SMILES string of the molecule is CCn1ccn(CC(=O)N2CCN(C)CC2)c1=O. The van der Waals surface area contributed by atoms with Gasteiger partial charge in [-0.1, -0.05) is 0 Å². The van der Waals surface area contributed by atoms with Crippen LogP contribution < -0.4 is 5.69 Å². The van der Waals surface area contributed by atoms with Crippen LogP contribution in [0, 0.1) is 0 Å². The van der Waals surface area contributed by atoms with Crippen molar-refractivity contribution in [1.29, 1.82) is 0 Å². The molecule has 1 aromatic rings. The summed E-state index contributed by atoms with van der Waals surface area (Å²) in [6.45, 7) is 5.99. The van der Waals surface area contributed by atoms with Gasteiger partial charge >= 0.3 is 5.69 Å². The largest absolute Gasteiger partial charge is 0.339 e. The van der Waals surface area contributed by atoms with Gasteiger partial charge in [-0.3, -0.25) is 13.9 Å². The highest BCUT2D eigenvalue weighted by Gasteiger charge is 2.19. The summed E-state index contributed by atoms with van der Waals surface area (Å²) in [7, 11) is 2.05. The van der Waals surface area contributed by atoms with Gasteiger partial charge in [-0.2, -0.15) is 0 Å². The predicted octanol–water partition coefficient (Wildman–Crippen LogP) is -0.556. The minimum Gasteiger partial charge on any atom is -0.339 e. The molecule has 1 aliphatic heterocycles. The first kappa shape index (κ1) is 12.9. The van der Waals surface area contributed by atoms with E-state index in [1.807, 2.05) is 18.9 Å². The Morgan fingerprint density at radius 3 is 2.33 bits per heavy atom. The standard InChI is InChI=1S/C12H20N4O2/c1-3-14-8-9-16(12(14)18)10-11(17)15-6-4-13(2)5-7-15/h8-9H,3-7,10H2,1-2H3. The molecule has 100 valence electrons. The summed E-state index contributed by atoms with van der Waals surface area (Å²) in [5.74, 6) is 0.0269. The van der Waals surface area contributed by atoms with Crippen molar-refractivity contribution in [2.75, 3.05) is 33.2 Å². The number of nitrogens with zero attached hydrogens (tertiary/aromatic N) is 4. The van der Waals surface area contributed by atoms with E-state index < -0.39 is 0 Å². The number of aromatic nitrogens is 2. The fraction of sp³-hybridized carbons (Fsp3) is 0.667. The Labute approximate surface area is 106 Å². The number of hydrogen-bond donors (Lipinski definition) is 0. The highest BCUT2D eigenvalue weighted by atomic mass is 16.2. The van der Waals surface area contributed by atoms with Crippen LogP contribution in [0.25, 0.3) is 0 Å². The minimum absolute atomic E-state index is 0.0269. The van der Waals surface area contributed by atoms with Gasteiger partial charge in [0.25, 0.3) is 0 Å². The number of piperazine rings is 1. The number of carbonyl (C=O) groups is 1. The number of hydrogen-bond acceptors (Lipinski definition) is 3. The molecule has 0 spiro atoms. The third-order valence-electron chi connectivity index (χ3n) is 3.42. The summed E-state index contributed by atoms with van der Waals surface area (Å²) >= 11 is 0. The highest BCUT2D eigenvalue weighted by molar-refractivity contribution is 5.76. The Balaban J connectivity index is 1.98. The van der Waals surface area contributed by atoms with Gasteiger partial charge in [-0.25, -0.2) is 4.79 Å². The Hall–Kier alpha value is -1.56. The molecule has 1 saturated heterocycles. The smallest absolute Gasteiger partial charge is 0.328 e. The molecule has 2 rings (SSSR count). The maximum atomic E-state index is 12.1. The zero-order valence-electron chi connectivity index (χ0n) is 11.0. The van der Waals surface area contributed by atoms with Gasteiger partial charge < -0.3 is 9.80 Å². The zero-order chi connectivity index (χ0) is 13.1. The molecule has 18 heavy (non-hydrogen) atoms. The van der Waals surface area contributed by atoms with Crippen molar-refractivity contribution in [1.82, 2.24) is 18.9 Å². The summed E-state index contributed by atoms with van der Waals surface area (Å²) < 4.78 is 3.07. The number of rotatable bonds is 3. The maximum absolute atomic E-state index is 12.1. The van der Waals surface area contributed by atoms with Crippen LogP contribution >= 0.6 is 0 Å². The lowest BCUT2D eigenvalue weighted by atomic mass is 10.3. The maximum Gasteiger partial charge on any atom is 0.328 e. The second-order valence-electron chi connectivity index (χ2n) is 4.68. The topological polar surface area (TPSA) is 50.5 Å². The molecular weight excluding hydrogens is 232 g/mol. The molecule has 0 atom stereocenters. The third-order valence-corrected chi connectivity index (χ3v) is 3.42. The van der Waals surface area contributed by atoms with E-state index in [0.29, 0.717) is 6.54 Å². The van der Waals surface area contributed by atoms with Crippen LogP contribution in [0.15, 0.2) is 17.2 Å². The first-order valence-electron chi connectivity index (χ1n) is 6.33. The van der Waals surface area contributed by atoms with Crippen LogP contribution in [0.4, 0.5) is 0 Å². The van der Waals surface area contributed by atoms with Crippen LogP contribution in [0.5, 0.6) is 0 Å². The van der Waals surface area contributed by atoms with Crippen LogP contribution in [0.3, 0.4) is 0 Å². The molecule has 0 saturated carbocycles. The van der Waals surface area contributed by atoms with Crippen LogP contribution in [0.2, 0.25) is 0 Å². The molecule has 2 heterocycles. The number of aryl methyl sites for hydroxylation is 1. The molecule has 0 aromatic carbocycles. The lowest BCUT2D eigenvalue weighted by Crippen LogP contribution is -2.48. The summed E-state index contributed by atoms with van der Waals surface area (Å²) in [6.07, 6.45) is 3.40. The molecule has 6 nitrogen and oxygen atoms in total. The van der Waals surface area contributed by atoms with E-state index in [9.17, 15) is 9.59 Å². The van der Waals surface area contributed by atoms with E-state index in [2.05, 4.69) is 4.90 Å². The number of carbonyl (C=O) groups excluding carboxylic acids is 1. The van der Waals surface area contributed by atoms with Gasteiger partial charge in [0.15, 0.2) is 0 Å². The van der Waals surface area contributed by atoms with Gasteiger partial charge in [-0.05, 0) is 14.0 Å². The molecule has 0 N–H and O–H groups in total. The Morgan fingerprint density at radius 1 is 1.17 bits per heavy atom. The summed E-state index contributed by atoms with van der Waals surface area (Å²) in [5.41, 5.74) is -0.111. The second kappa shape index (κ2) is 5.39. The predicted molar refractivity (Wildman–Crippen MR) is 68.4 cm³/mol. The van der Waals surface area contributed by atoms with Crippen molar-refractivity contribution >= 4 is 5.91 Å². The molecule has 1 aromatic heterocycles. The number of amides is 1. The van der Waals surface area contributed by atoms with E-state index in [0.717, 1.165) is 26.2 Å². The Kier molecular flexibility index (Phi) is 3.86. The van der Waals surface area contributed by atoms with E-state index in [-0.39, 0.29) is 18.1 Å². The van der Waals surface area contributed by atoms with Crippen molar-refractivity contribution in [2.24, 2.45) is 0 Å². The summed E-state index contributed by atoms with van der Waals surface area (Å²) in [6, 6.07) is 0. The van der Waals surface area contributed by atoms with E-state index in [1.165, 1.54) is 4.57 Å². The first-order chi connectivity index (χ1) is 8.61. The van der Waals surface area contributed by atoms with Crippen LogP contribution in [-0.4, -0.2) is 58.1 Å². The number of imidazole rings is 1. The molecule has 1 fully saturated rings. The third kappa shape index (κ3) is 2.64. The lowest BCUT2D eigenvalue weighted by molar-refractivity contribution is -0.133. The van der Waals surface area contributed by atoms with Gasteiger partial charge in [0.05, 0.1) is 0 Å². The fourth-order valence-electron chi connectivity index (χ4n) is 2.12. The van der Waals surface area contributed by atoms with Crippen LogP contribution in [0.1, 0.15) is 6.92 Å². The molecule has 6 heteroatoms. The molecule has 0 bridgehead atoms. The zero-order valence-corrected chi connectivity index (χ0v) is 11.0. The molecular formula is C12H20N4O2. The quantitative estimate of drug-likeness (QED) is 0.725. The van der Waals surface area contributed by atoms with Gasteiger partial charge in [0.2, 0.25) is 5.91 Å². The molecule has 1 amide bonds. The minimum atomic E-state index is -0.111. The normalized spacial score (nSPS) is 17.1. The van der Waals surface area contributed by atoms with Crippen molar-refractivity contribution in [3.63, 3.8) is 0 Å². The van der Waals surface area contributed by atoms with Gasteiger partial charge in [-0.15, -0.1) is 0 Å². The lowest BCUT2D eigenvalue weighted by Gasteiger charge is -2.32. The summed E-state index contributed by atoms with van der Waals surface area (Å²) in [4.78, 5) is 27.9. The Bertz CT molecular complexity index is 469. The average molecular weight is 252 g/mol.